The van der Waals surface area contributed by atoms with E-state index in [2.05, 4.69) is 5.32 Å². The molecule has 24 heavy (non-hydrogen) atoms. The van der Waals surface area contributed by atoms with Crippen LogP contribution in [0.25, 0.3) is 0 Å². The summed E-state index contributed by atoms with van der Waals surface area (Å²) >= 11 is 17.4. The fourth-order valence-corrected chi connectivity index (χ4v) is 2.24. The fourth-order valence-electron chi connectivity index (χ4n) is 1.73. The second-order valence-corrected chi connectivity index (χ2v) is 6.01. The summed E-state index contributed by atoms with van der Waals surface area (Å²) < 4.78 is 18.0. The van der Waals surface area contributed by atoms with Gasteiger partial charge in [-0.3, -0.25) is 4.79 Å². The Morgan fingerprint density at radius 1 is 1.04 bits per heavy atom. The number of anilines is 1. The number of rotatable bonds is 4. The van der Waals surface area contributed by atoms with E-state index in [0.29, 0.717) is 5.02 Å². The van der Waals surface area contributed by atoms with Crippen LogP contribution < -0.4 is 5.32 Å². The first-order chi connectivity index (χ1) is 11.3. The van der Waals surface area contributed by atoms with E-state index in [0.717, 1.165) is 12.1 Å². The first-order valence-electron chi connectivity index (χ1n) is 6.70. The Balaban J connectivity index is 2.02. The average Bonchev–Trinajstić information content (AvgIpc) is 2.52. The van der Waals surface area contributed by atoms with E-state index in [-0.39, 0.29) is 21.3 Å². The summed E-state index contributed by atoms with van der Waals surface area (Å²) in [6.07, 6.45) is -1.10. The maximum absolute atomic E-state index is 13.0. The van der Waals surface area contributed by atoms with Crippen molar-refractivity contribution in [2.24, 2.45) is 0 Å². The lowest BCUT2D eigenvalue weighted by atomic mass is 10.2. The van der Waals surface area contributed by atoms with Crippen LogP contribution in [0.3, 0.4) is 0 Å². The van der Waals surface area contributed by atoms with Crippen LogP contribution in [0.4, 0.5) is 10.1 Å². The van der Waals surface area contributed by atoms with E-state index in [9.17, 15) is 14.0 Å². The van der Waals surface area contributed by atoms with Gasteiger partial charge in [0.2, 0.25) is 0 Å². The molecule has 0 spiro atoms. The van der Waals surface area contributed by atoms with E-state index in [4.69, 9.17) is 39.5 Å². The third-order valence-corrected chi connectivity index (χ3v) is 4.05. The Labute approximate surface area is 152 Å². The average molecular weight is 391 g/mol. The van der Waals surface area contributed by atoms with Gasteiger partial charge in [0.25, 0.3) is 5.91 Å². The van der Waals surface area contributed by atoms with Crippen LogP contribution in [0.1, 0.15) is 17.3 Å². The fraction of sp³-hybridized carbons (Fsp3) is 0.125. The van der Waals surface area contributed by atoms with Gasteiger partial charge in [-0.2, -0.15) is 0 Å². The van der Waals surface area contributed by atoms with Crippen molar-refractivity contribution in [2.75, 3.05) is 5.32 Å². The highest BCUT2D eigenvalue weighted by Crippen LogP contribution is 2.24. The van der Waals surface area contributed by atoms with Crippen LogP contribution in [0, 0.1) is 5.82 Å². The summed E-state index contributed by atoms with van der Waals surface area (Å²) in [7, 11) is 0. The van der Waals surface area contributed by atoms with Crippen LogP contribution in [0.5, 0.6) is 0 Å². The van der Waals surface area contributed by atoms with Crippen LogP contribution in [0.2, 0.25) is 15.1 Å². The van der Waals surface area contributed by atoms with Crippen LogP contribution in [0.15, 0.2) is 36.4 Å². The molecular weight excluding hydrogens is 380 g/mol. The van der Waals surface area contributed by atoms with Crippen molar-refractivity contribution in [3.63, 3.8) is 0 Å². The van der Waals surface area contributed by atoms with E-state index in [1.807, 2.05) is 0 Å². The highest BCUT2D eigenvalue weighted by Gasteiger charge is 2.20. The molecule has 1 amide bonds. The highest BCUT2D eigenvalue weighted by atomic mass is 35.5. The molecule has 2 rings (SSSR count). The summed E-state index contributed by atoms with van der Waals surface area (Å²) in [6, 6.07) is 7.73. The molecule has 0 radical (unpaired) electrons. The quantitative estimate of drug-likeness (QED) is 0.750. The van der Waals surface area contributed by atoms with Gasteiger partial charge >= 0.3 is 5.97 Å². The number of nitrogens with one attached hydrogen (secondary N) is 1. The molecule has 0 heterocycles. The summed E-state index contributed by atoms with van der Waals surface area (Å²) in [6.45, 7) is 1.39. The highest BCUT2D eigenvalue weighted by molar-refractivity contribution is 6.42. The van der Waals surface area contributed by atoms with Crippen molar-refractivity contribution in [3.8, 4) is 0 Å². The molecule has 0 aliphatic rings. The number of esters is 1. The Hall–Kier alpha value is -1.82. The number of ether oxygens (including phenoxy) is 1. The second-order valence-electron chi connectivity index (χ2n) is 4.79. The van der Waals surface area contributed by atoms with E-state index in [1.54, 1.807) is 0 Å². The second kappa shape index (κ2) is 7.83. The van der Waals surface area contributed by atoms with E-state index < -0.39 is 23.8 Å². The molecule has 126 valence electrons. The zero-order valence-corrected chi connectivity index (χ0v) is 14.5. The summed E-state index contributed by atoms with van der Waals surface area (Å²) in [5, 5.41) is 2.98. The van der Waals surface area contributed by atoms with Gasteiger partial charge in [0.15, 0.2) is 6.10 Å². The van der Waals surface area contributed by atoms with Gasteiger partial charge in [-0.05, 0) is 43.3 Å². The maximum atomic E-state index is 13.0. The van der Waals surface area contributed by atoms with E-state index >= 15 is 0 Å². The molecule has 2 aromatic carbocycles. The van der Waals surface area contributed by atoms with Gasteiger partial charge < -0.3 is 10.1 Å². The molecule has 0 fully saturated rings. The maximum Gasteiger partial charge on any atom is 0.338 e. The predicted octanol–water partition coefficient (Wildman–Crippen LogP) is 4.97. The largest absolute Gasteiger partial charge is 0.449 e. The molecule has 0 aliphatic heterocycles. The molecule has 0 aromatic heterocycles. The lowest BCUT2D eigenvalue weighted by Gasteiger charge is -2.14. The van der Waals surface area contributed by atoms with Gasteiger partial charge in [-0.1, -0.05) is 34.8 Å². The lowest BCUT2D eigenvalue weighted by molar-refractivity contribution is -0.123. The van der Waals surface area contributed by atoms with Crippen LogP contribution in [-0.2, 0) is 9.53 Å². The molecule has 1 N–H and O–H groups in total. The molecule has 8 heteroatoms. The number of carbonyl (C=O) groups excluding carboxylic acids is 2. The normalized spacial score (nSPS) is 11.7. The molecule has 4 nitrogen and oxygen atoms in total. The third-order valence-electron chi connectivity index (χ3n) is 3.00. The van der Waals surface area contributed by atoms with Gasteiger partial charge in [0, 0.05) is 0 Å². The Morgan fingerprint density at radius 3 is 2.38 bits per heavy atom. The van der Waals surface area contributed by atoms with E-state index in [1.165, 1.54) is 31.2 Å². The van der Waals surface area contributed by atoms with Gasteiger partial charge in [0.1, 0.15) is 5.82 Å². The van der Waals surface area contributed by atoms with Gasteiger partial charge in [-0.25, -0.2) is 9.18 Å². The Morgan fingerprint density at radius 2 is 1.75 bits per heavy atom. The minimum absolute atomic E-state index is 0.0337. The number of benzene rings is 2. The smallest absolute Gasteiger partial charge is 0.338 e. The minimum Gasteiger partial charge on any atom is -0.449 e. The zero-order chi connectivity index (χ0) is 17.9. The van der Waals surface area contributed by atoms with Crippen molar-refractivity contribution in [2.45, 2.75) is 13.0 Å². The standard InChI is InChI=1S/C16H11Cl3FNO3/c1-8(15(22)21-14-5-3-10(20)7-13(14)19)24-16(23)9-2-4-11(17)12(18)6-9/h2-8H,1H3,(H,21,22)/t8-/m0/s1. The van der Waals surface area contributed by atoms with Crippen LogP contribution >= 0.6 is 34.8 Å². The predicted molar refractivity (Wildman–Crippen MR) is 91.4 cm³/mol. The third kappa shape index (κ3) is 4.60. The lowest BCUT2D eigenvalue weighted by Crippen LogP contribution is -2.30. The molecule has 2 aromatic rings. The van der Waals surface area contributed by atoms with Crippen LogP contribution in [-0.4, -0.2) is 18.0 Å². The Bertz CT molecular complexity index is 798. The number of amides is 1. The Kier molecular flexibility index (Phi) is 6.04. The number of carbonyl (C=O) groups is 2. The molecule has 0 aliphatic carbocycles. The summed E-state index contributed by atoms with van der Waals surface area (Å²) in [4.78, 5) is 24.1. The molecule has 0 saturated heterocycles. The monoisotopic (exact) mass is 389 g/mol. The summed E-state index contributed by atoms with van der Waals surface area (Å²) in [5.41, 5.74) is 0.365. The van der Waals surface area contributed by atoms with Crippen molar-refractivity contribution >= 4 is 52.4 Å². The topological polar surface area (TPSA) is 55.4 Å². The minimum atomic E-state index is -1.10. The van der Waals surface area contributed by atoms with Crippen molar-refractivity contribution < 1.29 is 18.7 Å². The number of halogens is 4. The molecular formula is C16H11Cl3FNO3. The summed E-state index contributed by atoms with van der Waals surface area (Å²) in [5.74, 6) is -1.88. The molecule has 0 saturated carbocycles. The molecule has 1 atom stereocenters. The van der Waals surface area contributed by atoms with Crippen molar-refractivity contribution in [3.05, 3.63) is 62.8 Å². The zero-order valence-electron chi connectivity index (χ0n) is 12.3. The number of hydrogen-bond acceptors (Lipinski definition) is 3. The first-order valence-corrected chi connectivity index (χ1v) is 7.83. The number of hydrogen-bond donors (Lipinski definition) is 1. The van der Waals surface area contributed by atoms with Crippen molar-refractivity contribution in [1.82, 2.24) is 0 Å². The molecule has 0 bridgehead atoms. The van der Waals surface area contributed by atoms with Gasteiger partial charge in [-0.15, -0.1) is 0 Å². The van der Waals surface area contributed by atoms with Crippen molar-refractivity contribution in [1.29, 1.82) is 0 Å². The first kappa shape index (κ1) is 18.5. The van der Waals surface area contributed by atoms with Gasteiger partial charge in [0.05, 0.1) is 26.3 Å². The SMILES string of the molecule is C[C@H](OC(=O)c1ccc(Cl)c(Cl)c1)C(=O)Nc1ccc(F)cc1Cl. The molecule has 0 unspecified atom stereocenters.